The average molecular weight is 509 g/mol. The highest BCUT2D eigenvalue weighted by molar-refractivity contribution is 6.36. The molecule has 2 saturated carbocycles. The molecular formula is C28H40N6O3. The molecule has 0 radical (unpaired) electrons. The lowest BCUT2D eigenvalue weighted by molar-refractivity contribution is -0.139. The molecule has 2 aliphatic heterocycles. The Hall–Kier alpha value is -2.75. The molecule has 1 amide bonds. The first-order chi connectivity index (χ1) is 17.8. The van der Waals surface area contributed by atoms with Gasteiger partial charge >= 0.3 is 0 Å². The number of nitrogens with zero attached hydrogens (tertiary/aromatic N) is 3. The summed E-state index contributed by atoms with van der Waals surface area (Å²) < 4.78 is 5.32. The van der Waals surface area contributed by atoms with E-state index in [1.54, 1.807) is 19.5 Å². The number of rotatable bonds is 8. The van der Waals surface area contributed by atoms with E-state index in [-0.39, 0.29) is 23.0 Å². The van der Waals surface area contributed by atoms with E-state index in [0.29, 0.717) is 18.2 Å². The van der Waals surface area contributed by atoms with E-state index < -0.39 is 12.1 Å². The monoisotopic (exact) mass is 508 g/mol. The molecule has 2 heterocycles. The molecule has 9 nitrogen and oxygen atoms in total. The number of carbonyl (C=O) groups excluding carboxylic acids is 2. The van der Waals surface area contributed by atoms with Crippen molar-refractivity contribution in [1.29, 1.82) is 0 Å². The van der Waals surface area contributed by atoms with Crippen LogP contribution in [0.2, 0.25) is 0 Å². The molecule has 1 unspecified atom stereocenters. The molecule has 0 aromatic heterocycles. The number of methoxy groups -OCH3 is 1. The first-order valence-corrected chi connectivity index (χ1v) is 13.5. The normalized spacial score (nSPS) is 31.8. The van der Waals surface area contributed by atoms with Crippen LogP contribution in [0.25, 0.3) is 0 Å². The van der Waals surface area contributed by atoms with Crippen LogP contribution in [0.1, 0.15) is 63.4 Å². The largest absolute Gasteiger partial charge is 0.481 e. The Balaban J connectivity index is 1.25. The molecule has 37 heavy (non-hydrogen) atoms. The molecule has 1 aromatic rings. The lowest BCUT2D eigenvalue weighted by atomic mass is 9.68. The van der Waals surface area contributed by atoms with Crippen molar-refractivity contribution < 1.29 is 14.3 Å². The number of nitrogens with one attached hydrogen (secondary N) is 3. The predicted molar refractivity (Wildman–Crippen MR) is 142 cm³/mol. The van der Waals surface area contributed by atoms with Gasteiger partial charge in [-0.25, -0.2) is 15.8 Å². The second-order valence-corrected chi connectivity index (χ2v) is 11.3. The number of benzene rings is 1. The second-order valence-electron chi connectivity index (χ2n) is 11.3. The fourth-order valence-corrected chi connectivity index (χ4v) is 6.34. The summed E-state index contributed by atoms with van der Waals surface area (Å²) >= 11 is 0. The Morgan fingerprint density at radius 2 is 1.89 bits per heavy atom. The van der Waals surface area contributed by atoms with Crippen LogP contribution in [0.15, 0.2) is 47.3 Å². The van der Waals surface area contributed by atoms with Crippen LogP contribution >= 0.6 is 0 Å². The first kappa shape index (κ1) is 25.9. The molecule has 3 fully saturated rings. The molecule has 1 spiro atoms. The number of hydrogen-bond donors (Lipinski definition) is 3. The number of amides is 1. The van der Waals surface area contributed by atoms with Crippen LogP contribution in [-0.4, -0.2) is 66.9 Å². The molecule has 2 aliphatic carbocycles. The highest BCUT2D eigenvalue weighted by Crippen LogP contribution is 2.47. The van der Waals surface area contributed by atoms with Crippen molar-refractivity contribution >= 4 is 18.0 Å². The molecule has 9 heteroatoms. The standard InChI is InChI=1S/C28H40N6O3/c1-33(2)28(21-10-5-4-6-11-21)14-12-27(13-15-28)18-24(31-32-27)34-19-29-25(37-3)17-23(34)30-26(36)22(35)16-20-8-7-9-20/h4-6,10-11,17,19-20,23-24,31-32H,7-9,12-16,18H2,1-3H3,(H,30,36)/t23?,24-,27?,28?/m1/s1. The van der Waals surface area contributed by atoms with Gasteiger partial charge < -0.3 is 15.0 Å². The summed E-state index contributed by atoms with van der Waals surface area (Å²) in [5, 5.41) is 2.92. The van der Waals surface area contributed by atoms with Crippen molar-refractivity contribution in [3.8, 4) is 0 Å². The van der Waals surface area contributed by atoms with Gasteiger partial charge in [-0.05, 0) is 64.1 Å². The van der Waals surface area contributed by atoms with Crippen LogP contribution in [-0.2, 0) is 19.9 Å². The minimum Gasteiger partial charge on any atom is -0.481 e. The van der Waals surface area contributed by atoms with Gasteiger partial charge in [-0.15, -0.1) is 0 Å². The molecule has 5 rings (SSSR count). The minimum atomic E-state index is -0.541. The number of carbonyl (C=O) groups is 2. The maximum atomic E-state index is 12.8. The van der Waals surface area contributed by atoms with E-state index in [9.17, 15) is 9.59 Å². The predicted octanol–water partition coefficient (Wildman–Crippen LogP) is 2.61. The van der Waals surface area contributed by atoms with Crippen LogP contribution in [0, 0.1) is 5.92 Å². The summed E-state index contributed by atoms with van der Waals surface area (Å²) in [6, 6.07) is 10.8. The van der Waals surface area contributed by atoms with Gasteiger partial charge in [0, 0.05) is 30.0 Å². The van der Waals surface area contributed by atoms with Crippen LogP contribution < -0.4 is 16.2 Å². The molecule has 1 aromatic carbocycles. The van der Waals surface area contributed by atoms with Crippen molar-refractivity contribution in [2.75, 3.05) is 21.2 Å². The van der Waals surface area contributed by atoms with E-state index >= 15 is 0 Å². The second kappa shape index (κ2) is 10.6. The molecule has 0 bridgehead atoms. The summed E-state index contributed by atoms with van der Waals surface area (Å²) in [7, 11) is 5.91. The number of hydrogen-bond acceptors (Lipinski definition) is 8. The van der Waals surface area contributed by atoms with Crippen molar-refractivity contribution in [3.05, 3.63) is 47.9 Å². The summed E-state index contributed by atoms with van der Waals surface area (Å²) in [5.41, 5.74) is 8.41. The smallest absolute Gasteiger partial charge is 0.289 e. The number of ketones is 1. The molecule has 3 N–H and O–H groups in total. The number of aliphatic imine (C=N–C) groups is 1. The van der Waals surface area contributed by atoms with Crippen LogP contribution in [0.3, 0.4) is 0 Å². The van der Waals surface area contributed by atoms with E-state index in [0.717, 1.165) is 51.4 Å². The van der Waals surface area contributed by atoms with Gasteiger partial charge in [-0.2, -0.15) is 0 Å². The zero-order chi connectivity index (χ0) is 26.0. The van der Waals surface area contributed by atoms with Crippen LogP contribution in [0.4, 0.5) is 0 Å². The Morgan fingerprint density at radius 1 is 1.16 bits per heavy atom. The molecular weight excluding hydrogens is 468 g/mol. The van der Waals surface area contributed by atoms with Crippen molar-refractivity contribution in [2.24, 2.45) is 10.9 Å². The highest BCUT2D eigenvalue weighted by Gasteiger charge is 2.49. The maximum Gasteiger partial charge on any atom is 0.289 e. The molecule has 2 atom stereocenters. The van der Waals surface area contributed by atoms with Gasteiger partial charge in [0.1, 0.15) is 6.17 Å². The minimum absolute atomic E-state index is 0.0201. The van der Waals surface area contributed by atoms with Gasteiger partial charge in [0.15, 0.2) is 0 Å². The Kier molecular flexibility index (Phi) is 7.38. The quantitative estimate of drug-likeness (QED) is 0.465. The van der Waals surface area contributed by atoms with Crippen LogP contribution in [0.5, 0.6) is 0 Å². The highest BCUT2D eigenvalue weighted by atomic mass is 16.5. The van der Waals surface area contributed by atoms with Crippen molar-refractivity contribution in [2.45, 2.75) is 81.2 Å². The van der Waals surface area contributed by atoms with Gasteiger partial charge in [0.05, 0.1) is 19.6 Å². The fraction of sp³-hybridized carbons (Fsp3) is 0.607. The third kappa shape index (κ3) is 5.17. The lowest BCUT2D eigenvalue weighted by Crippen LogP contribution is -2.56. The van der Waals surface area contributed by atoms with Gasteiger partial charge in [0.2, 0.25) is 11.7 Å². The van der Waals surface area contributed by atoms with Crippen molar-refractivity contribution in [3.63, 3.8) is 0 Å². The Bertz CT molecular complexity index is 1040. The van der Waals surface area contributed by atoms with Crippen molar-refractivity contribution in [1.82, 2.24) is 26.0 Å². The third-order valence-corrected chi connectivity index (χ3v) is 9.03. The first-order valence-electron chi connectivity index (χ1n) is 13.5. The summed E-state index contributed by atoms with van der Waals surface area (Å²) in [4.78, 5) is 34.0. The summed E-state index contributed by atoms with van der Waals surface area (Å²) in [6.07, 6.45) is 11.4. The maximum absolute atomic E-state index is 12.8. The third-order valence-electron chi connectivity index (χ3n) is 9.03. The SMILES string of the molecule is COC1=CC(NC(=O)C(=O)CC2CCC2)N([C@@H]2CC3(CCC(c4ccccc4)(N(C)C)CC3)NN2)C=N1. The zero-order valence-electron chi connectivity index (χ0n) is 22.2. The van der Waals surface area contributed by atoms with E-state index in [1.807, 2.05) is 4.90 Å². The summed E-state index contributed by atoms with van der Waals surface area (Å²) in [6.45, 7) is 0. The molecule has 200 valence electrons. The lowest BCUT2D eigenvalue weighted by Gasteiger charge is -2.49. The van der Waals surface area contributed by atoms with E-state index in [2.05, 4.69) is 70.5 Å². The Morgan fingerprint density at radius 3 is 2.51 bits per heavy atom. The van der Waals surface area contributed by atoms with E-state index in [1.165, 1.54) is 5.56 Å². The number of Topliss-reactive ketones (excluding diaryl/α,β-unsaturated/α-hetero) is 1. The molecule has 4 aliphatic rings. The Labute approximate surface area is 219 Å². The number of ether oxygens (including phenoxy) is 1. The van der Waals surface area contributed by atoms with Gasteiger partial charge in [-0.1, -0.05) is 36.8 Å². The topological polar surface area (TPSA) is 98.3 Å². The van der Waals surface area contributed by atoms with Gasteiger partial charge in [0.25, 0.3) is 5.91 Å². The van der Waals surface area contributed by atoms with Gasteiger partial charge in [-0.3, -0.25) is 14.5 Å². The molecule has 1 saturated heterocycles. The summed E-state index contributed by atoms with van der Waals surface area (Å²) in [5.74, 6) is -0.114. The zero-order valence-corrected chi connectivity index (χ0v) is 22.2. The average Bonchev–Trinajstić information content (AvgIpc) is 3.30. The fourth-order valence-electron chi connectivity index (χ4n) is 6.34. The number of hydrazine groups is 1. The van der Waals surface area contributed by atoms with E-state index in [4.69, 9.17) is 4.74 Å².